The predicted octanol–water partition coefficient (Wildman–Crippen LogP) is 8.59. The molecule has 0 saturated heterocycles. The molecule has 0 radical (unpaired) electrons. The van der Waals surface area contributed by atoms with E-state index < -0.39 is 17.1 Å². The molecule has 9 heteroatoms. The largest absolute Gasteiger partial charge is 0.325 e. The van der Waals surface area contributed by atoms with E-state index in [1.807, 2.05) is 78.3 Å². The van der Waals surface area contributed by atoms with E-state index in [9.17, 15) is 14.4 Å². The van der Waals surface area contributed by atoms with Crippen LogP contribution in [-0.2, 0) is 9.59 Å². The minimum atomic E-state index is -0.584. The Balaban J connectivity index is 1.36. The molecule has 44 heavy (non-hydrogen) atoms. The molecule has 0 saturated carbocycles. The van der Waals surface area contributed by atoms with Gasteiger partial charge in [0.05, 0.1) is 0 Å². The fraction of sp³-hybridized carbons (Fsp3) is 0.0571. The Morgan fingerprint density at radius 3 is 2.32 bits per heavy atom. The van der Waals surface area contributed by atoms with Crippen LogP contribution in [0.25, 0.3) is 6.08 Å². The standard InChI is InChI=1S/C35H28ClN3O3S2/c1-23-15-16-27(36)20-30(23)38-35(42)32(25-9-4-2-5-10-25)44-29-14-8-13-28(21-29)37-34(41)31(19-24-17-18-43-22-24)39-33(40)26-11-6-3-7-12-26/h2-22,32H,1H3,(H,37,41)(H,38,42)(H,39,40)/b31-19-. The first kappa shape index (κ1) is 30.8. The van der Waals surface area contributed by atoms with Crippen LogP contribution in [0.4, 0.5) is 11.4 Å². The monoisotopic (exact) mass is 637 g/mol. The lowest BCUT2D eigenvalue weighted by Gasteiger charge is -2.19. The van der Waals surface area contributed by atoms with Crippen molar-refractivity contribution >= 4 is 69.9 Å². The van der Waals surface area contributed by atoms with Crippen molar-refractivity contribution in [1.82, 2.24) is 5.32 Å². The van der Waals surface area contributed by atoms with Crippen LogP contribution in [0.15, 0.2) is 131 Å². The first-order valence-corrected chi connectivity index (χ1v) is 15.9. The number of carbonyl (C=O) groups is 3. The van der Waals surface area contributed by atoms with E-state index in [0.29, 0.717) is 22.0 Å². The Morgan fingerprint density at radius 1 is 0.841 bits per heavy atom. The first-order valence-electron chi connectivity index (χ1n) is 13.7. The van der Waals surface area contributed by atoms with Gasteiger partial charge in [-0.3, -0.25) is 14.4 Å². The Labute approximate surface area is 269 Å². The summed E-state index contributed by atoms with van der Waals surface area (Å²) >= 11 is 9.04. The Kier molecular flexibility index (Phi) is 10.3. The van der Waals surface area contributed by atoms with E-state index >= 15 is 0 Å². The van der Waals surface area contributed by atoms with Gasteiger partial charge in [0.25, 0.3) is 11.8 Å². The Hall–Kier alpha value is -4.63. The van der Waals surface area contributed by atoms with Gasteiger partial charge in [-0.1, -0.05) is 72.3 Å². The molecular weight excluding hydrogens is 610 g/mol. The van der Waals surface area contributed by atoms with Gasteiger partial charge < -0.3 is 16.0 Å². The Bertz CT molecular complexity index is 1790. The fourth-order valence-corrected chi connectivity index (χ4v) is 6.15. The van der Waals surface area contributed by atoms with E-state index in [4.69, 9.17) is 11.6 Å². The molecule has 4 aromatic carbocycles. The van der Waals surface area contributed by atoms with Crippen molar-refractivity contribution < 1.29 is 14.4 Å². The van der Waals surface area contributed by atoms with Crippen LogP contribution in [0.3, 0.4) is 0 Å². The lowest BCUT2D eigenvalue weighted by molar-refractivity contribution is -0.116. The lowest BCUT2D eigenvalue weighted by atomic mass is 10.1. The molecule has 1 aromatic heterocycles. The average Bonchev–Trinajstić information content (AvgIpc) is 3.55. The highest BCUT2D eigenvalue weighted by molar-refractivity contribution is 8.00. The zero-order valence-corrected chi connectivity index (χ0v) is 26.0. The highest BCUT2D eigenvalue weighted by Crippen LogP contribution is 2.37. The number of benzene rings is 4. The van der Waals surface area contributed by atoms with Crippen LogP contribution in [0.5, 0.6) is 0 Å². The minimum absolute atomic E-state index is 0.105. The first-order chi connectivity index (χ1) is 21.4. The van der Waals surface area contributed by atoms with Crippen LogP contribution < -0.4 is 16.0 Å². The van der Waals surface area contributed by atoms with Crippen molar-refractivity contribution in [3.63, 3.8) is 0 Å². The minimum Gasteiger partial charge on any atom is -0.325 e. The summed E-state index contributed by atoms with van der Waals surface area (Å²) in [6.45, 7) is 1.91. The van der Waals surface area contributed by atoms with Crippen molar-refractivity contribution in [1.29, 1.82) is 0 Å². The van der Waals surface area contributed by atoms with Crippen LogP contribution in [0.1, 0.15) is 32.3 Å². The highest BCUT2D eigenvalue weighted by Gasteiger charge is 2.23. The van der Waals surface area contributed by atoms with Gasteiger partial charge in [0.1, 0.15) is 10.9 Å². The molecule has 1 heterocycles. The zero-order chi connectivity index (χ0) is 30.9. The second kappa shape index (κ2) is 14.7. The number of anilines is 2. The summed E-state index contributed by atoms with van der Waals surface area (Å²) in [5.74, 6) is -1.07. The molecule has 0 aliphatic heterocycles. The van der Waals surface area contributed by atoms with Crippen molar-refractivity contribution in [3.05, 3.63) is 153 Å². The SMILES string of the molecule is Cc1ccc(Cl)cc1NC(=O)C(Sc1cccc(NC(=O)/C(=C/c2ccsc2)NC(=O)c2ccccc2)c1)c1ccccc1. The molecule has 1 unspecified atom stereocenters. The van der Waals surface area contributed by atoms with Crippen molar-refractivity contribution in [3.8, 4) is 0 Å². The molecule has 0 bridgehead atoms. The molecule has 6 nitrogen and oxygen atoms in total. The number of carbonyl (C=O) groups excluding carboxylic acids is 3. The van der Waals surface area contributed by atoms with Crippen LogP contribution >= 0.6 is 34.7 Å². The van der Waals surface area contributed by atoms with Crippen molar-refractivity contribution in [2.24, 2.45) is 0 Å². The van der Waals surface area contributed by atoms with Gasteiger partial charge in [-0.05, 0) is 89.0 Å². The molecule has 0 fully saturated rings. The molecule has 220 valence electrons. The zero-order valence-electron chi connectivity index (χ0n) is 23.6. The summed E-state index contributed by atoms with van der Waals surface area (Å²) in [7, 11) is 0. The van der Waals surface area contributed by atoms with Crippen LogP contribution in [-0.4, -0.2) is 17.7 Å². The van der Waals surface area contributed by atoms with Gasteiger partial charge in [-0.15, -0.1) is 11.8 Å². The number of rotatable bonds is 10. The van der Waals surface area contributed by atoms with E-state index in [0.717, 1.165) is 21.6 Å². The number of thiophene rings is 1. The summed E-state index contributed by atoms with van der Waals surface area (Å²) in [5.41, 5.74) is 4.23. The molecule has 1 atom stereocenters. The number of aryl methyl sites for hydroxylation is 1. The fourth-order valence-electron chi connectivity index (χ4n) is 4.28. The molecule has 3 N–H and O–H groups in total. The van der Waals surface area contributed by atoms with E-state index in [1.54, 1.807) is 54.6 Å². The highest BCUT2D eigenvalue weighted by atomic mass is 35.5. The average molecular weight is 638 g/mol. The van der Waals surface area contributed by atoms with Crippen molar-refractivity contribution in [2.45, 2.75) is 17.1 Å². The van der Waals surface area contributed by atoms with Gasteiger partial charge in [0.15, 0.2) is 0 Å². The van der Waals surface area contributed by atoms with Gasteiger partial charge >= 0.3 is 0 Å². The van der Waals surface area contributed by atoms with Crippen LogP contribution in [0, 0.1) is 6.92 Å². The topological polar surface area (TPSA) is 87.3 Å². The summed E-state index contributed by atoms with van der Waals surface area (Å²) in [6.07, 6.45) is 1.64. The van der Waals surface area contributed by atoms with E-state index in [1.165, 1.54) is 23.1 Å². The van der Waals surface area contributed by atoms with E-state index in [-0.39, 0.29) is 11.6 Å². The maximum Gasteiger partial charge on any atom is 0.272 e. The molecule has 0 aliphatic rings. The van der Waals surface area contributed by atoms with E-state index in [2.05, 4.69) is 16.0 Å². The molecule has 0 spiro atoms. The van der Waals surface area contributed by atoms with Crippen molar-refractivity contribution in [2.75, 3.05) is 10.6 Å². The second-order valence-corrected chi connectivity index (χ2v) is 12.2. The number of amides is 3. The number of hydrogen-bond acceptors (Lipinski definition) is 5. The third kappa shape index (κ3) is 8.26. The number of halogens is 1. The van der Waals surface area contributed by atoms with Gasteiger partial charge in [-0.25, -0.2) is 0 Å². The third-order valence-electron chi connectivity index (χ3n) is 6.53. The lowest BCUT2D eigenvalue weighted by Crippen LogP contribution is -2.30. The summed E-state index contributed by atoms with van der Waals surface area (Å²) in [6, 6.07) is 32.7. The number of thioether (sulfide) groups is 1. The van der Waals surface area contributed by atoms with Crippen LogP contribution in [0.2, 0.25) is 5.02 Å². The second-order valence-electron chi connectivity index (χ2n) is 9.77. The number of nitrogens with one attached hydrogen (secondary N) is 3. The summed E-state index contributed by atoms with van der Waals surface area (Å²) < 4.78 is 0. The molecule has 3 amide bonds. The summed E-state index contributed by atoms with van der Waals surface area (Å²) in [5, 5.41) is 12.4. The third-order valence-corrected chi connectivity index (χ3v) is 8.71. The molecule has 5 aromatic rings. The smallest absolute Gasteiger partial charge is 0.272 e. The van der Waals surface area contributed by atoms with Gasteiger partial charge in [0.2, 0.25) is 5.91 Å². The maximum atomic E-state index is 13.6. The molecular formula is C35H28ClN3O3S2. The van der Waals surface area contributed by atoms with Gasteiger partial charge in [-0.2, -0.15) is 11.3 Å². The molecule has 0 aliphatic carbocycles. The predicted molar refractivity (Wildman–Crippen MR) is 181 cm³/mol. The quantitative estimate of drug-likeness (QED) is 0.106. The Morgan fingerprint density at radius 2 is 1.59 bits per heavy atom. The van der Waals surface area contributed by atoms with Gasteiger partial charge in [0, 0.05) is 26.9 Å². The summed E-state index contributed by atoms with van der Waals surface area (Å²) in [4.78, 5) is 40.7. The normalized spacial score (nSPS) is 11.8. The number of hydrogen-bond donors (Lipinski definition) is 3. The molecule has 5 rings (SSSR count). The maximum absolute atomic E-state index is 13.6.